The van der Waals surface area contributed by atoms with E-state index in [2.05, 4.69) is 4.72 Å². The van der Waals surface area contributed by atoms with Crippen LogP contribution in [0.3, 0.4) is 0 Å². The van der Waals surface area contributed by atoms with Gasteiger partial charge in [0.2, 0.25) is 10.0 Å². The first-order valence-corrected chi connectivity index (χ1v) is 8.02. The molecule has 0 saturated carbocycles. The summed E-state index contributed by atoms with van der Waals surface area (Å²) in [6.07, 6.45) is 0.494. The van der Waals surface area contributed by atoms with Crippen LogP contribution < -0.4 is 4.72 Å². The molecule has 0 saturated heterocycles. The van der Waals surface area contributed by atoms with Gasteiger partial charge in [0.15, 0.2) is 0 Å². The van der Waals surface area contributed by atoms with Crippen molar-refractivity contribution in [2.24, 2.45) is 0 Å². The van der Waals surface area contributed by atoms with Gasteiger partial charge in [-0.15, -0.1) is 11.3 Å². The molecule has 5 nitrogen and oxygen atoms in total. The SMILES string of the molecule is CC(CNS(=O)(=O)c1ccc(CCO)s1)N(C)C. The van der Waals surface area contributed by atoms with Gasteiger partial charge in [-0.2, -0.15) is 0 Å². The van der Waals surface area contributed by atoms with Crippen LogP contribution in [0.1, 0.15) is 11.8 Å². The molecule has 1 aromatic rings. The second kappa shape index (κ2) is 6.63. The van der Waals surface area contributed by atoms with Crippen LogP contribution in [-0.2, 0) is 16.4 Å². The molecule has 1 rings (SSSR count). The fraction of sp³-hybridized carbons (Fsp3) is 0.636. The van der Waals surface area contributed by atoms with E-state index >= 15 is 0 Å². The maximum atomic E-state index is 12.0. The Morgan fingerprint density at radius 3 is 2.67 bits per heavy atom. The molecule has 0 aromatic carbocycles. The van der Waals surface area contributed by atoms with E-state index in [4.69, 9.17) is 5.11 Å². The summed E-state index contributed by atoms with van der Waals surface area (Å²) in [5, 5.41) is 8.81. The summed E-state index contributed by atoms with van der Waals surface area (Å²) >= 11 is 1.20. The van der Waals surface area contributed by atoms with Gasteiger partial charge in [-0.1, -0.05) is 0 Å². The Bertz CT molecular complexity index is 468. The number of rotatable bonds is 7. The minimum absolute atomic E-state index is 0.0328. The van der Waals surface area contributed by atoms with Crippen LogP contribution in [-0.4, -0.2) is 51.7 Å². The molecule has 0 aliphatic rings. The Morgan fingerprint density at radius 1 is 1.44 bits per heavy atom. The van der Waals surface area contributed by atoms with Gasteiger partial charge in [-0.05, 0) is 33.2 Å². The van der Waals surface area contributed by atoms with E-state index in [1.165, 1.54) is 11.3 Å². The molecule has 0 bridgehead atoms. The number of likely N-dealkylation sites (N-methyl/N-ethyl adjacent to an activating group) is 1. The molecule has 0 spiro atoms. The maximum Gasteiger partial charge on any atom is 0.250 e. The van der Waals surface area contributed by atoms with Crippen LogP contribution in [0.5, 0.6) is 0 Å². The number of hydrogen-bond donors (Lipinski definition) is 2. The van der Waals surface area contributed by atoms with Crippen LogP contribution in [0.4, 0.5) is 0 Å². The Balaban J connectivity index is 2.68. The molecule has 18 heavy (non-hydrogen) atoms. The molecule has 1 aromatic heterocycles. The van der Waals surface area contributed by atoms with E-state index in [1.54, 1.807) is 12.1 Å². The zero-order chi connectivity index (χ0) is 13.8. The van der Waals surface area contributed by atoms with Crippen molar-refractivity contribution in [3.8, 4) is 0 Å². The molecule has 104 valence electrons. The molecule has 0 radical (unpaired) electrons. The molecule has 1 heterocycles. The van der Waals surface area contributed by atoms with E-state index in [0.29, 0.717) is 17.2 Å². The van der Waals surface area contributed by atoms with Gasteiger partial charge in [-0.3, -0.25) is 0 Å². The third kappa shape index (κ3) is 4.33. The van der Waals surface area contributed by atoms with Gasteiger partial charge in [0, 0.05) is 30.5 Å². The van der Waals surface area contributed by atoms with E-state index in [1.807, 2.05) is 25.9 Å². The van der Waals surface area contributed by atoms with Gasteiger partial charge in [0.05, 0.1) is 0 Å². The number of nitrogens with zero attached hydrogens (tertiary/aromatic N) is 1. The van der Waals surface area contributed by atoms with Crippen molar-refractivity contribution in [3.63, 3.8) is 0 Å². The Kier molecular flexibility index (Phi) is 5.74. The average molecular weight is 292 g/mol. The van der Waals surface area contributed by atoms with Crippen molar-refractivity contribution in [2.75, 3.05) is 27.2 Å². The van der Waals surface area contributed by atoms with Crippen LogP contribution in [0, 0.1) is 0 Å². The molecule has 0 aliphatic carbocycles. The quantitative estimate of drug-likeness (QED) is 0.768. The smallest absolute Gasteiger partial charge is 0.250 e. The van der Waals surface area contributed by atoms with Gasteiger partial charge < -0.3 is 10.0 Å². The molecule has 1 atom stereocenters. The summed E-state index contributed by atoms with van der Waals surface area (Å²) in [6.45, 7) is 2.36. The molecule has 2 N–H and O–H groups in total. The van der Waals surface area contributed by atoms with E-state index < -0.39 is 10.0 Å². The van der Waals surface area contributed by atoms with Crippen molar-refractivity contribution in [2.45, 2.75) is 23.6 Å². The molecule has 7 heteroatoms. The highest BCUT2D eigenvalue weighted by molar-refractivity contribution is 7.91. The highest BCUT2D eigenvalue weighted by Gasteiger charge is 2.18. The summed E-state index contributed by atoms with van der Waals surface area (Å²) in [7, 11) is 0.386. The van der Waals surface area contributed by atoms with Crippen molar-refractivity contribution < 1.29 is 13.5 Å². The predicted molar refractivity (Wildman–Crippen MR) is 73.4 cm³/mol. The number of aliphatic hydroxyl groups is 1. The Labute approximate surface area is 112 Å². The van der Waals surface area contributed by atoms with Crippen molar-refractivity contribution in [3.05, 3.63) is 17.0 Å². The third-order valence-corrected chi connectivity index (χ3v) is 5.77. The summed E-state index contributed by atoms with van der Waals surface area (Å²) in [5.41, 5.74) is 0. The standard InChI is InChI=1S/C11H20N2O3S2/c1-9(13(2)3)8-12-18(15,16)11-5-4-10(17-11)6-7-14/h4-5,9,12,14H,6-8H2,1-3H3. The lowest BCUT2D eigenvalue weighted by atomic mass is 10.3. The van der Waals surface area contributed by atoms with Gasteiger partial charge >= 0.3 is 0 Å². The number of thiophene rings is 1. The largest absolute Gasteiger partial charge is 0.396 e. The number of sulfonamides is 1. The van der Waals surface area contributed by atoms with Crippen molar-refractivity contribution >= 4 is 21.4 Å². The second-order valence-corrected chi connectivity index (χ2v) is 7.52. The fourth-order valence-electron chi connectivity index (χ4n) is 1.23. The first-order chi connectivity index (χ1) is 8.36. The summed E-state index contributed by atoms with van der Waals surface area (Å²) < 4.78 is 26.9. The molecular formula is C11H20N2O3S2. The minimum atomic E-state index is -3.43. The monoisotopic (exact) mass is 292 g/mol. The molecule has 0 amide bonds. The lowest BCUT2D eigenvalue weighted by molar-refractivity contribution is 0.300. The van der Waals surface area contributed by atoms with Gasteiger partial charge in [0.1, 0.15) is 4.21 Å². The predicted octanol–water partition coefficient (Wildman–Crippen LogP) is 0.511. The molecule has 1 unspecified atom stereocenters. The summed E-state index contributed by atoms with van der Waals surface area (Å²) in [4.78, 5) is 2.83. The maximum absolute atomic E-state index is 12.0. The zero-order valence-corrected chi connectivity index (χ0v) is 12.5. The normalized spacial score (nSPS) is 14.1. The first-order valence-electron chi connectivity index (χ1n) is 5.72. The highest BCUT2D eigenvalue weighted by Crippen LogP contribution is 2.21. The van der Waals surface area contributed by atoms with E-state index in [0.717, 1.165) is 4.88 Å². The van der Waals surface area contributed by atoms with Crippen LogP contribution in [0.25, 0.3) is 0 Å². The number of hydrogen-bond acceptors (Lipinski definition) is 5. The highest BCUT2D eigenvalue weighted by atomic mass is 32.2. The van der Waals surface area contributed by atoms with Crippen molar-refractivity contribution in [1.29, 1.82) is 0 Å². The first kappa shape index (κ1) is 15.6. The van der Waals surface area contributed by atoms with Crippen molar-refractivity contribution in [1.82, 2.24) is 9.62 Å². The molecular weight excluding hydrogens is 272 g/mol. The second-order valence-electron chi connectivity index (χ2n) is 4.36. The van der Waals surface area contributed by atoms with Gasteiger partial charge in [0.25, 0.3) is 0 Å². The third-order valence-electron chi connectivity index (χ3n) is 2.71. The summed E-state index contributed by atoms with van der Waals surface area (Å²) in [6, 6.07) is 3.46. The van der Waals surface area contributed by atoms with Crippen LogP contribution in [0.2, 0.25) is 0 Å². The fourth-order valence-corrected chi connectivity index (χ4v) is 3.74. The average Bonchev–Trinajstić information content (AvgIpc) is 2.75. The molecule has 0 aliphatic heterocycles. The minimum Gasteiger partial charge on any atom is -0.396 e. The lowest BCUT2D eigenvalue weighted by Gasteiger charge is -2.19. The van der Waals surface area contributed by atoms with Crippen LogP contribution in [0.15, 0.2) is 16.3 Å². The topological polar surface area (TPSA) is 69.6 Å². The lowest BCUT2D eigenvalue weighted by Crippen LogP contribution is -2.37. The molecule has 0 fully saturated rings. The number of aliphatic hydroxyl groups excluding tert-OH is 1. The summed E-state index contributed by atoms with van der Waals surface area (Å²) in [5.74, 6) is 0. The van der Waals surface area contributed by atoms with E-state index in [9.17, 15) is 8.42 Å². The number of nitrogens with one attached hydrogen (secondary N) is 1. The Hall–Kier alpha value is -0.470. The Morgan fingerprint density at radius 2 is 2.11 bits per heavy atom. The zero-order valence-electron chi connectivity index (χ0n) is 10.9. The van der Waals surface area contributed by atoms with E-state index in [-0.39, 0.29) is 12.6 Å². The van der Waals surface area contributed by atoms with Crippen LogP contribution >= 0.6 is 11.3 Å². The van der Waals surface area contributed by atoms with Gasteiger partial charge in [-0.25, -0.2) is 13.1 Å².